The monoisotopic (exact) mass is 321 g/mol. The van der Waals surface area contributed by atoms with Crippen LogP contribution in [0.1, 0.15) is 47.1 Å². The summed E-state index contributed by atoms with van der Waals surface area (Å²) in [6.07, 6.45) is 6.49. The van der Waals surface area contributed by atoms with Gasteiger partial charge in [0.2, 0.25) is 0 Å². The lowest BCUT2D eigenvalue weighted by Crippen LogP contribution is -2.07. The number of nitrogens with zero attached hydrogens (tertiary/aromatic N) is 1. The molecule has 1 aliphatic heterocycles. The van der Waals surface area contributed by atoms with Crippen LogP contribution >= 0.6 is 0 Å². The minimum atomic E-state index is 0.855. The standard InChI is InChI=1S/C23H31N/c1-18-8-10-21(11-9-18)6-4-5-7-23-17-24(23)13-12-22-15-19(2)14-20(3)16-22/h8-11,14-16,23H,4-7,12-13,17H2,1-3H3. The number of unbranched alkanes of at least 4 members (excludes halogenated alkanes) is 1. The summed E-state index contributed by atoms with van der Waals surface area (Å²) < 4.78 is 0. The van der Waals surface area contributed by atoms with E-state index in [1.54, 1.807) is 0 Å². The van der Waals surface area contributed by atoms with Gasteiger partial charge in [-0.2, -0.15) is 0 Å². The highest BCUT2D eigenvalue weighted by atomic mass is 15.3. The average molecular weight is 322 g/mol. The van der Waals surface area contributed by atoms with Gasteiger partial charge in [0.15, 0.2) is 0 Å². The molecule has 2 aromatic carbocycles. The zero-order valence-corrected chi connectivity index (χ0v) is 15.5. The molecule has 0 aromatic heterocycles. The first-order valence-electron chi connectivity index (χ1n) is 9.47. The number of aryl methyl sites for hydroxylation is 4. The van der Waals surface area contributed by atoms with Gasteiger partial charge in [-0.3, -0.25) is 4.90 Å². The van der Waals surface area contributed by atoms with E-state index in [-0.39, 0.29) is 0 Å². The Labute approximate surface area is 147 Å². The van der Waals surface area contributed by atoms with Crippen LogP contribution in [0.15, 0.2) is 42.5 Å². The number of rotatable bonds is 8. The molecule has 1 saturated heterocycles. The highest BCUT2D eigenvalue weighted by Gasteiger charge is 2.32. The molecule has 2 aromatic rings. The SMILES string of the molecule is Cc1ccc(CCCCC2CN2CCc2cc(C)cc(C)c2)cc1. The molecule has 0 aliphatic carbocycles. The van der Waals surface area contributed by atoms with Crippen LogP contribution in [0.3, 0.4) is 0 Å². The Kier molecular flexibility index (Phi) is 5.73. The van der Waals surface area contributed by atoms with Crippen molar-refractivity contribution in [1.82, 2.24) is 4.90 Å². The summed E-state index contributed by atoms with van der Waals surface area (Å²) in [5, 5.41) is 0. The second-order valence-electron chi connectivity index (χ2n) is 7.63. The van der Waals surface area contributed by atoms with Gasteiger partial charge in [0.25, 0.3) is 0 Å². The van der Waals surface area contributed by atoms with E-state index >= 15 is 0 Å². The first-order valence-corrected chi connectivity index (χ1v) is 9.47. The van der Waals surface area contributed by atoms with E-state index in [1.807, 2.05) is 0 Å². The van der Waals surface area contributed by atoms with Gasteiger partial charge < -0.3 is 0 Å². The second kappa shape index (κ2) is 7.98. The van der Waals surface area contributed by atoms with Gasteiger partial charge in [-0.15, -0.1) is 0 Å². The lowest BCUT2D eigenvalue weighted by molar-refractivity contribution is 0.483. The van der Waals surface area contributed by atoms with Crippen molar-refractivity contribution in [3.8, 4) is 0 Å². The molecule has 1 nitrogen and oxygen atoms in total. The molecule has 1 heteroatoms. The van der Waals surface area contributed by atoms with Crippen molar-refractivity contribution in [3.05, 3.63) is 70.3 Å². The molecule has 0 radical (unpaired) electrons. The number of hydrogen-bond acceptors (Lipinski definition) is 1. The molecule has 3 rings (SSSR count). The van der Waals surface area contributed by atoms with E-state index in [1.165, 1.54) is 73.0 Å². The maximum Gasteiger partial charge on any atom is 0.0224 e. The predicted molar refractivity (Wildman–Crippen MR) is 104 cm³/mol. The average Bonchev–Trinajstić information content (AvgIpc) is 3.29. The first-order chi connectivity index (χ1) is 11.6. The summed E-state index contributed by atoms with van der Waals surface area (Å²) in [5.74, 6) is 0. The molecule has 0 N–H and O–H groups in total. The third kappa shape index (κ3) is 5.21. The van der Waals surface area contributed by atoms with E-state index in [2.05, 4.69) is 68.1 Å². The van der Waals surface area contributed by atoms with Crippen LogP contribution in [-0.2, 0) is 12.8 Å². The Morgan fingerprint density at radius 1 is 0.792 bits per heavy atom. The molecule has 2 unspecified atom stereocenters. The van der Waals surface area contributed by atoms with Crippen LogP contribution in [0.5, 0.6) is 0 Å². The van der Waals surface area contributed by atoms with Crippen molar-refractivity contribution in [3.63, 3.8) is 0 Å². The van der Waals surface area contributed by atoms with Crippen molar-refractivity contribution in [2.45, 2.75) is 58.9 Å². The molecule has 0 saturated carbocycles. The van der Waals surface area contributed by atoms with Crippen molar-refractivity contribution < 1.29 is 0 Å². The number of benzene rings is 2. The fourth-order valence-electron chi connectivity index (χ4n) is 3.72. The van der Waals surface area contributed by atoms with Gasteiger partial charge in [-0.25, -0.2) is 0 Å². The van der Waals surface area contributed by atoms with Crippen molar-refractivity contribution in [2.75, 3.05) is 13.1 Å². The van der Waals surface area contributed by atoms with E-state index in [0.29, 0.717) is 0 Å². The normalized spacial score (nSPS) is 19.5. The second-order valence-corrected chi connectivity index (χ2v) is 7.63. The maximum atomic E-state index is 2.64. The molecule has 0 bridgehead atoms. The molecule has 1 aliphatic rings. The van der Waals surface area contributed by atoms with Gasteiger partial charge in [-0.05, 0) is 57.6 Å². The summed E-state index contributed by atoms with van der Waals surface area (Å²) in [6, 6.07) is 16.8. The molecule has 2 atom stereocenters. The Balaban J connectivity index is 1.31. The zero-order valence-electron chi connectivity index (χ0n) is 15.5. The van der Waals surface area contributed by atoms with Crippen LogP contribution in [0.4, 0.5) is 0 Å². The number of hydrogen-bond donors (Lipinski definition) is 0. The molecular formula is C23H31N. The van der Waals surface area contributed by atoms with Crippen molar-refractivity contribution in [2.24, 2.45) is 0 Å². The summed E-state index contributed by atoms with van der Waals surface area (Å²) in [7, 11) is 0. The highest BCUT2D eigenvalue weighted by Crippen LogP contribution is 2.24. The quantitative estimate of drug-likeness (QED) is 0.474. The Bertz CT molecular complexity index is 636. The summed E-state index contributed by atoms with van der Waals surface area (Å²) in [4.78, 5) is 2.64. The molecular weight excluding hydrogens is 290 g/mol. The predicted octanol–water partition coefficient (Wildman–Crippen LogP) is 5.25. The minimum Gasteiger partial charge on any atom is -0.297 e. The van der Waals surface area contributed by atoms with Gasteiger partial charge in [0.1, 0.15) is 0 Å². The molecule has 0 spiro atoms. The van der Waals surface area contributed by atoms with Crippen molar-refractivity contribution >= 4 is 0 Å². The van der Waals surface area contributed by atoms with Crippen LogP contribution in [0.2, 0.25) is 0 Å². The topological polar surface area (TPSA) is 3.01 Å². The van der Waals surface area contributed by atoms with Crippen LogP contribution in [0, 0.1) is 20.8 Å². The third-order valence-corrected chi connectivity index (χ3v) is 5.17. The summed E-state index contributed by atoms with van der Waals surface area (Å²) in [5.41, 5.74) is 7.13. The van der Waals surface area contributed by atoms with Crippen LogP contribution in [-0.4, -0.2) is 24.0 Å². The molecule has 128 valence electrons. The van der Waals surface area contributed by atoms with Crippen LogP contribution in [0.25, 0.3) is 0 Å². The smallest absolute Gasteiger partial charge is 0.0224 e. The van der Waals surface area contributed by atoms with E-state index < -0.39 is 0 Å². The van der Waals surface area contributed by atoms with Gasteiger partial charge in [0, 0.05) is 19.1 Å². The fourth-order valence-corrected chi connectivity index (χ4v) is 3.72. The van der Waals surface area contributed by atoms with Gasteiger partial charge >= 0.3 is 0 Å². The molecule has 24 heavy (non-hydrogen) atoms. The minimum absolute atomic E-state index is 0.855. The van der Waals surface area contributed by atoms with Crippen molar-refractivity contribution in [1.29, 1.82) is 0 Å². The summed E-state index contributed by atoms with van der Waals surface area (Å²) >= 11 is 0. The zero-order chi connectivity index (χ0) is 16.9. The van der Waals surface area contributed by atoms with E-state index in [0.717, 1.165) is 6.04 Å². The van der Waals surface area contributed by atoms with E-state index in [9.17, 15) is 0 Å². The highest BCUT2D eigenvalue weighted by molar-refractivity contribution is 5.28. The van der Waals surface area contributed by atoms with E-state index in [4.69, 9.17) is 0 Å². The largest absolute Gasteiger partial charge is 0.297 e. The lowest BCUT2D eigenvalue weighted by atomic mass is 10.0. The first kappa shape index (κ1) is 17.2. The molecule has 0 amide bonds. The summed E-state index contributed by atoms with van der Waals surface area (Å²) in [6.45, 7) is 9.10. The molecule has 1 fully saturated rings. The maximum absolute atomic E-state index is 2.64. The van der Waals surface area contributed by atoms with Crippen LogP contribution < -0.4 is 0 Å². The Morgan fingerprint density at radius 2 is 1.50 bits per heavy atom. The third-order valence-electron chi connectivity index (χ3n) is 5.17. The lowest BCUT2D eigenvalue weighted by Gasteiger charge is -2.07. The van der Waals surface area contributed by atoms with Gasteiger partial charge in [-0.1, -0.05) is 65.6 Å². The Hall–Kier alpha value is -1.60. The fraction of sp³-hybridized carbons (Fsp3) is 0.478. The Morgan fingerprint density at radius 3 is 2.21 bits per heavy atom. The molecule has 1 heterocycles. The van der Waals surface area contributed by atoms with Gasteiger partial charge in [0.05, 0.1) is 0 Å².